The van der Waals surface area contributed by atoms with Crippen LogP contribution in [0.4, 0.5) is 13.2 Å². The Hall–Kier alpha value is -3.21. The number of sulfone groups is 1. The molecule has 3 rings (SSSR count). The van der Waals surface area contributed by atoms with Gasteiger partial charge in [-0.15, -0.1) is 0 Å². The van der Waals surface area contributed by atoms with E-state index >= 15 is 0 Å². The van der Waals surface area contributed by atoms with Gasteiger partial charge in [-0.2, -0.15) is 18.3 Å². The molecule has 2 aromatic carbocycles. The van der Waals surface area contributed by atoms with Crippen LogP contribution in [-0.4, -0.2) is 34.6 Å². The molecule has 11 heteroatoms. The summed E-state index contributed by atoms with van der Waals surface area (Å²) in [6, 6.07) is 11.0. The third-order valence-electron chi connectivity index (χ3n) is 3.99. The zero-order chi connectivity index (χ0) is 21.1. The van der Waals surface area contributed by atoms with E-state index in [9.17, 15) is 26.4 Å². The van der Waals surface area contributed by atoms with Crippen molar-refractivity contribution >= 4 is 15.7 Å². The van der Waals surface area contributed by atoms with Crippen LogP contribution in [0.25, 0.3) is 0 Å². The average Bonchev–Trinajstić information content (AvgIpc) is 3.18. The van der Waals surface area contributed by atoms with E-state index in [4.69, 9.17) is 0 Å². The molecule has 7 nitrogen and oxygen atoms in total. The summed E-state index contributed by atoms with van der Waals surface area (Å²) in [4.78, 5) is 15.2. The van der Waals surface area contributed by atoms with Gasteiger partial charge in [0, 0.05) is 12.1 Å². The molecule has 0 radical (unpaired) electrons. The largest absolute Gasteiger partial charge is 0.501 e. The van der Waals surface area contributed by atoms with Crippen LogP contribution in [0.1, 0.15) is 21.5 Å². The van der Waals surface area contributed by atoms with Crippen molar-refractivity contribution < 1.29 is 26.4 Å². The lowest BCUT2D eigenvalue weighted by Crippen LogP contribution is -2.24. The molecule has 1 amide bonds. The number of hydrogen-bond acceptors (Lipinski definition) is 5. The summed E-state index contributed by atoms with van der Waals surface area (Å²) in [6.07, 6.45) is 3.01. The molecule has 0 unspecified atom stereocenters. The topological polar surface area (TPSA) is 93.9 Å². The Kier molecular flexibility index (Phi) is 5.69. The lowest BCUT2D eigenvalue weighted by atomic mass is 10.1. The molecule has 0 aliphatic carbocycles. The Morgan fingerprint density at radius 3 is 2.38 bits per heavy atom. The molecule has 0 aliphatic heterocycles. The third-order valence-corrected chi connectivity index (χ3v) is 5.49. The molecule has 1 N–H and O–H groups in total. The van der Waals surface area contributed by atoms with Crippen LogP contribution in [0.15, 0.2) is 66.1 Å². The first kappa shape index (κ1) is 20.5. The Labute approximate surface area is 164 Å². The number of alkyl halides is 3. The smallest absolute Gasteiger partial charge is 0.348 e. The molecule has 152 valence electrons. The first-order chi connectivity index (χ1) is 13.7. The minimum Gasteiger partial charge on any atom is -0.348 e. The monoisotopic (exact) mass is 424 g/mol. The van der Waals surface area contributed by atoms with Gasteiger partial charge >= 0.3 is 5.51 Å². The zero-order valence-corrected chi connectivity index (χ0v) is 15.6. The lowest BCUT2D eigenvalue weighted by Gasteiger charge is -2.10. The van der Waals surface area contributed by atoms with Crippen molar-refractivity contribution in [1.82, 2.24) is 20.1 Å². The SMILES string of the molecule is O=C(NCc1cccc(Cn2cncn2)c1)c1ccc(S(=O)(=O)C(F)(F)F)cc1. The normalized spacial score (nSPS) is 12.0. The number of benzene rings is 2. The molecule has 0 atom stereocenters. The van der Waals surface area contributed by atoms with Crippen LogP contribution in [0.2, 0.25) is 0 Å². The Morgan fingerprint density at radius 1 is 1.07 bits per heavy atom. The van der Waals surface area contributed by atoms with E-state index in [2.05, 4.69) is 15.4 Å². The number of halogens is 3. The maximum absolute atomic E-state index is 12.6. The maximum Gasteiger partial charge on any atom is 0.501 e. The average molecular weight is 424 g/mol. The van der Waals surface area contributed by atoms with E-state index in [1.807, 2.05) is 24.3 Å². The summed E-state index contributed by atoms with van der Waals surface area (Å²) >= 11 is 0. The fraction of sp³-hybridized carbons (Fsp3) is 0.167. The predicted octanol–water partition coefficient (Wildman–Crippen LogP) is 2.55. The summed E-state index contributed by atoms with van der Waals surface area (Å²) in [6.45, 7) is 0.698. The number of nitrogens with zero attached hydrogens (tertiary/aromatic N) is 3. The second-order valence-corrected chi connectivity index (χ2v) is 8.01. The number of amides is 1. The van der Waals surface area contributed by atoms with Gasteiger partial charge in [-0.1, -0.05) is 24.3 Å². The summed E-state index contributed by atoms with van der Waals surface area (Å²) < 4.78 is 62.0. The van der Waals surface area contributed by atoms with Crippen molar-refractivity contribution in [2.24, 2.45) is 0 Å². The third kappa shape index (κ3) is 4.80. The van der Waals surface area contributed by atoms with Crippen LogP contribution in [0, 0.1) is 0 Å². The highest BCUT2D eigenvalue weighted by atomic mass is 32.2. The molecule has 0 bridgehead atoms. The molecule has 1 aromatic heterocycles. The fourth-order valence-electron chi connectivity index (χ4n) is 2.54. The molecule has 1 heterocycles. The highest BCUT2D eigenvalue weighted by Gasteiger charge is 2.46. The van der Waals surface area contributed by atoms with Gasteiger partial charge in [0.05, 0.1) is 11.4 Å². The van der Waals surface area contributed by atoms with Gasteiger partial charge in [0.25, 0.3) is 15.7 Å². The molecular formula is C18H15F3N4O3S. The van der Waals surface area contributed by atoms with Crippen LogP contribution in [-0.2, 0) is 22.9 Å². The van der Waals surface area contributed by atoms with Crippen molar-refractivity contribution in [3.8, 4) is 0 Å². The van der Waals surface area contributed by atoms with Crippen LogP contribution < -0.4 is 5.32 Å². The van der Waals surface area contributed by atoms with Crippen LogP contribution in [0.5, 0.6) is 0 Å². The minimum atomic E-state index is -5.44. The fourth-order valence-corrected chi connectivity index (χ4v) is 3.30. The van der Waals surface area contributed by atoms with E-state index in [1.54, 1.807) is 11.0 Å². The van der Waals surface area contributed by atoms with Gasteiger partial charge in [-0.25, -0.2) is 18.1 Å². The van der Waals surface area contributed by atoms with E-state index in [0.29, 0.717) is 6.54 Å². The van der Waals surface area contributed by atoms with E-state index in [1.165, 1.54) is 6.33 Å². The quantitative estimate of drug-likeness (QED) is 0.656. The van der Waals surface area contributed by atoms with E-state index in [0.717, 1.165) is 35.4 Å². The number of nitrogens with one attached hydrogen (secondary N) is 1. The Balaban J connectivity index is 1.64. The number of carbonyl (C=O) groups is 1. The standard InChI is InChI=1S/C18H15F3N4O3S/c19-18(20,21)29(27,28)16-6-4-15(5-7-16)17(26)23-9-13-2-1-3-14(8-13)10-25-12-22-11-24-25/h1-8,11-12H,9-10H2,(H,23,26). The Bertz CT molecular complexity index is 1100. The molecule has 0 fully saturated rings. The molecular weight excluding hydrogens is 409 g/mol. The van der Waals surface area contributed by atoms with Gasteiger partial charge in [0.1, 0.15) is 12.7 Å². The van der Waals surface area contributed by atoms with Gasteiger partial charge in [0.15, 0.2) is 0 Å². The van der Waals surface area contributed by atoms with Crippen molar-refractivity contribution in [2.75, 3.05) is 0 Å². The van der Waals surface area contributed by atoms with Crippen molar-refractivity contribution in [3.05, 3.63) is 77.9 Å². The number of rotatable bonds is 6. The van der Waals surface area contributed by atoms with E-state index < -0.39 is 26.1 Å². The Morgan fingerprint density at radius 2 is 1.76 bits per heavy atom. The van der Waals surface area contributed by atoms with Gasteiger partial charge in [0.2, 0.25) is 0 Å². The van der Waals surface area contributed by atoms with Crippen LogP contribution in [0.3, 0.4) is 0 Å². The highest BCUT2D eigenvalue weighted by molar-refractivity contribution is 7.92. The molecule has 0 aliphatic rings. The van der Waals surface area contributed by atoms with E-state index in [-0.39, 0.29) is 12.1 Å². The van der Waals surface area contributed by atoms with Crippen LogP contribution >= 0.6 is 0 Å². The minimum absolute atomic E-state index is 0.0462. The number of carbonyl (C=O) groups excluding carboxylic acids is 1. The lowest BCUT2D eigenvalue weighted by molar-refractivity contribution is -0.0436. The summed E-state index contributed by atoms with van der Waals surface area (Å²) in [5.74, 6) is -0.539. The first-order valence-electron chi connectivity index (χ1n) is 8.27. The summed E-state index contributed by atoms with van der Waals surface area (Å²) in [7, 11) is -5.44. The van der Waals surface area contributed by atoms with Gasteiger partial charge in [-0.3, -0.25) is 4.79 Å². The highest BCUT2D eigenvalue weighted by Crippen LogP contribution is 2.30. The van der Waals surface area contributed by atoms with Crippen molar-refractivity contribution in [2.45, 2.75) is 23.5 Å². The number of aromatic nitrogens is 3. The molecule has 3 aromatic rings. The molecule has 29 heavy (non-hydrogen) atoms. The summed E-state index contributed by atoms with van der Waals surface area (Å²) in [5.41, 5.74) is -3.59. The van der Waals surface area contributed by atoms with Crippen molar-refractivity contribution in [1.29, 1.82) is 0 Å². The van der Waals surface area contributed by atoms with Gasteiger partial charge in [-0.05, 0) is 35.4 Å². The molecule has 0 spiro atoms. The summed E-state index contributed by atoms with van der Waals surface area (Å²) in [5, 5.41) is 6.66. The zero-order valence-electron chi connectivity index (χ0n) is 14.8. The van der Waals surface area contributed by atoms with Crippen molar-refractivity contribution in [3.63, 3.8) is 0 Å². The number of hydrogen-bond donors (Lipinski definition) is 1. The second-order valence-electron chi connectivity index (χ2n) is 6.07. The molecule has 0 saturated heterocycles. The second kappa shape index (κ2) is 8.03. The predicted molar refractivity (Wildman–Crippen MR) is 96.4 cm³/mol. The first-order valence-corrected chi connectivity index (χ1v) is 9.75. The maximum atomic E-state index is 12.6. The van der Waals surface area contributed by atoms with Gasteiger partial charge < -0.3 is 5.32 Å². The molecule has 0 saturated carbocycles.